The second kappa shape index (κ2) is 10.4. The molecule has 3 N–H and O–H groups in total. The Labute approximate surface area is 160 Å². The van der Waals surface area contributed by atoms with Gasteiger partial charge < -0.3 is 20.7 Å². The number of hydrogen-bond acceptors (Lipinski definition) is 5. The molecule has 2 saturated heterocycles. The van der Waals surface area contributed by atoms with Gasteiger partial charge in [-0.25, -0.2) is 0 Å². The number of benzene rings is 1. The van der Waals surface area contributed by atoms with Crippen molar-refractivity contribution in [1.29, 1.82) is 0 Å². The maximum atomic E-state index is 12.2. The Balaban J connectivity index is 1.36. The minimum absolute atomic E-state index is 0.0320. The number of amides is 2. The Morgan fingerprint density at radius 1 is 1.19 bits per heavy atom. The van der Waals surface area contributed by atoms with Gasteiger partial charge in [0, 0.05) is 43.9 Å². The van der Waals surface area contributed by atoms with E-state index in [1.54, 1.807) is 24.3 Å². The summed E-state index contributed by atoms with van der Waals surface area (Å²) >= 11 is 0. The quantitative estimate of drug-likeness (QED) is 0.634. The van der Waals surface area contributed by atoms with Crippen LogP contribution in [-0.2, 0) is 9.53 Å². The molecule has 7 heteroatoms. The van der Waals surface area contributed by atoms with Crippen LogP contribution in [0.15, 0.2) is 24.3 Å². The monoisotopic (exact) mass is 374 g/mol. The third kappa shape index (κ3) is 6.61. The van der Waals surface area contributed by atoms with Crippen LogP contribution in [0, 0.1) is 5.92 Å². The van der Waals surface area contributed by atoms with Crippen molar-refractivity contribution in [1.82, 2.24) is 15.5 Å². The number of hydrogen-bond donors (Lipinski definition) is 3. The lowest BCUT2D eigenvalue weighted by Gasteiger charge is -2.26. The number of carbonyl (C=O) groups is 2. The molecule has 27 heavy (non-hydrogen) atoms. The van der Waals surface area contributed by atoms with Crippen molar-refractivity contribution in [2.45, 2.75) is 19.3 Å². The molecule has 0 saturated carbocycles. The number of nitrogens with one attached hydrogen (secondary N) is 3. The second-order valence-corrected chi connectivity index (χ2v) is 7.23. The normalized spacial score (nSPS) is 20.4. The van der Waals surface area contributed by atoms with Gasteiger partial charge in [-0.2, -0.15) is 0 Å². The highest BCUT2D eigenvalue weighted by Crippen LogP contribution is 2.16. The van der Waals surface area contributed by atoms with E-state index in [1.165, 1.54) is 0 Å². The lowest BCUT2D eigenvalue weighted by Crippen LogP contribution is -2.41. The molecule has 1 unspecified atom stereocenters. The second-order valence-electron chi connectivity index (χ2n) is 7.23. The first-order valence-electron chi connectivity index (χ1n) is 9.89. The predicted molar refractivity (Wildman–Crippen MR) is 105 cm³/mol. The minimum atomic E-state index is -0.0881. The molecule has 148 valence electrons. The van der Waals surface area contributed by atoms with Gasteiger partial charge in [0.05, 0.1) is 13.2 Å². The number of anilines is 1. The van der Waals surface area contributed by atoms with Crippen LogP contribution in [0.1, 0.15) is 29.6 Å². The van der Waals surface area contributed by atoms with E-state index in [4.69, 9.17) is 4.74 Å². The van der Waals surface area contributed by atoms with E-state index < -0.39 is 0 Å². The standard InChI is InChI=1S/C20H30N4O3/c25-19(6-1-16-7-8-21-15-16)23-18-4-2-17(3-5-18)20(26)22-9-10-24-11-13-27-14-12-24/h2-5,16,21H,1,6-15H2,(H,22,26)(H,23,25). The summed E-state index contributed by atoms with van der Waals surface area (Å²) in [7, 11) is 0. The number of rotatable bonds is 8. The lowest BCUT2D eigenvalue weighted by molar-refractivity contribution is -0.116. The smallest absolute Gasteiger partial charge is 0.251 e. The Bertz CT molecular complexity index is 608. The van der Waals surface area contributed by atoms with Gasteiger partial charge in [-0.1, -0.05) is 0 Å². The van der Waals surface area contributed by atoms with Crippen LogP contribution < -0.4 is 16.0 Å². The molecule has 7 nitrogen and oxygen atoms in total. The maximum absolute atomic E-state index is 12.2. The molecule has 2 aliphatic rings. The van der Waals surface area contributed by atoms with Gasteiger partial charge in [0.1, 0.15) is 0 Å². The van der Waals surface area contributed by atoms with Gasteiger partial charge in [0.15, 0.2) is 0 Å². The van der Waals surface area contributed by atoms with Crippen molar-refractivity contribution in [2.75, 3.05) is 57.8 Å². The van der Waals surface area contributed by atoms with Crippen LogP contribution in [-0.4, -0.2) is 69.2 Å². The molecule has 0 aromatic heterocycles. The molecule has 2 aliphatic heterocycles. The molecule has 2 heterocycles. The number of carbonyl (C=O) groups excluding carboxylic acids is 2. The highest BCUT2D eigenvalue weighted by atomic mass is 16.5. The van der Waals surface area contributed by atoms with Gasteiger partial charge >= 0.3 is 0 Å². The molecule has 3 rings (SSSR count). The van der Waals surface area contributed by atoms with Crippen molar-refractivity contribution >= 4 is 17.5 Å². The first kappa shape index (κ1) is 19.8. The molecular formula is C20H30N4O3. The Morgan fingerprint density at radius 2 is 1.96 bits per heavy atom. The van der Waals surface area contributed by atoms with Crippen LogP contribution in [0.3, 0.4) is 0 Å². The van der Waals surface area contributed by atoms with Gasteiger partial charge in [0.25, 0.3) is 5.91 Å². The number of ether oxygens (including phenoxy) is 1. The summed E-state index contributed by atoms with van der Waals surface area (Å²) in [6.07, 6.45) is 2.61. The van der Waals surface area contributed by atoms with Gasteiger partial charge in [0.2, 0.25) is 5.91 Å². The summed E-state index contributed by atoms with van der Waals surface area (Å²) in [5.74, 6) is 0.554. The van der Waals surface area contributed by atoms with Crippen LogP contribution in [0.2, 0.25) is 0 Å². The molecule has 1 aromatic carbocycles. The van der Waals surface area contributed by atoms with Crippen molar-refractivity contribution in [3.8, 4) is 0 Å². The fourth-order valence-electron chi connectivity index (χ4n) is 3.48. The molecular weight excluding hydrogens is 344 g/mol. The van der Waals surface area contributed by atoms with E-state index in [-0.39, 0.29) is 11.8 Å². The molecule has 2 fully saturated rings. The molecule has 1 atom stereocenters. The third-order valence-corrected chi connectivity index (χ3v) is 5.19. The van der Waals surface area contributed by atoms with Gasteiger partial charge in [-0.15, -0.1) is 0 Å². The van der Waals surface area contributed by atoms with Crippen molar-refractivity contribution in [3.63, 3.8) is 0 Å². The van der Waals surface area contributed by atoms with E-state index in [1.807, 2.05) is 0 Å². The largest absolute Gasteiger partial charge is 0.379 e. The molecule has 2 amide bonds. The summed E-state index contributed by atoms with van der Waals surface area (Å²) in [6, 6.07) is 7.07. The highest BCUT2D eigenvalue weighted by Gasteiger charge is 2.16. The van der Waals surface area contributed by atoms with Crippen LogP contribution in [0.25, 0.3) is 0 Å². The first-order valence-corrected chi connectivity index (χ1v) is 9.89. The van der Waals surface area contributed by atoms with Crippen LogP contribution in [0.5, 0.6) is 0 Å². The summed E-state index contributed by atoms with van der Waals surface area (Å²) in [4.78, 5) is 26.6. The summed E-state index contributed by atoms with van der Waals surface area (Å²) < 4.78 is 5.31. The Morgan fingerprint density at radius 3 is 2.67 bits per heavy atom. The lowest BCUT2D eigenvalue weighted by atomic mass is 10.0. The van der Waals surface area contributed by atoms with Gasteiger partial charge in [-0.05, 0) is 56.1 Å². The molecule has 0 spiro atoms. The highest BCUT2D eigenvalue weighted by molar-refractivity contribution is 5.95. The van der Waals surface area contributed by atoms with Crippen LogP contribution in [0.4, 0.5) is 5.69 Å². The first-order chi connectivity index (χ1) is 13.2. The Hall–Kier alpha value is -1.96. The average molecular weight is 374 g/mol. The van der Waals surface area contributed by atoms with E-state index >= 15 is 0 Å². The predicted octanol–water partition coefficient (Wildman–Crippen LogP) is 1.08. The number of morpholine rings is 1. The van der Waals surface area contributed by atoms with Gasteiger partial charge in [-0.3, -0.25) is 14.5 Å². The zero-order valence-electron chi connectivity index (χ0n) is 15.8. The van der Waals surface area contributed by atoms with E-state index in [9.17, 15) is 9.59 Å². The number of nitrogens with zero attached hydrogens (tertiary/aromatic N) is 1. The topological polar surface area (TPSA) is 82.7 Å². The fourth-order valence-corrected chi connectivity index (χ4v) is 3.48. The molecule has 1 aromatic rings. The minimum Gasteiger partial charge on any atom is -0.379 e. The molecule has 0 bridgehead atoms. The fraction of sp³-hybridized carbons (Fsp3) is 0.600. The van der Waals surface area contributed by atoms with Crippen molar-refractivity contribution in [2.24, 2.45) is 5.92 Å². The third-order valence-electron chi connectivity index (χ3n) is 5.19. The molecule has 0 radical (unpaired) electrons. The summed E-state index contributed by atoms with van der Waals surface area (Å²) in [5, 5.41) is 9.17. The zero-order valence-corrected chi connectivity index (χ0v) is 15.8. The summed E-state index contributed by atoms with van der Waals surface area (Å²) in [5.41, 5.74) is 1.33. The molecule has 0 aliphatic carbocycles. The van der Waals surface area contributed by atoms with E-state index in [0.717, 1.165) is 64.5 Å². The van der Waals surface area contributed by atoms with E-state index in [0.29, 0.717) is 24.4 Å². The van der Waals surface area contributed by atoms with E-state index in [2.05, 4.69) is 20.9 Å². The average Bonchev–Trinajstić information content (AvgIpc) is 3.21. The summed E-state index contributed by atoms with van der Waals surface area (Å²) in [6.45, 7) is 6.89. The maximum Gasteiger partial charge on any atom is 0.251 e. The Kier molecular flexibility index (Phi) is 7.62. The SMILES string of the molecule is O=C(CCC1CCNC1)Nc1ccc(C(=O)NCCN2CCOCC2)cc1. The van der Waals surface area contributed by atoms with Crippen LogP contribution >= 0.6 is 0 Å². The zero-order chi connectivity index (χ0) is 18.9. The van der Waals surface area contributed by atoms with Crippen molar-refractivity contribution < 1.29 is 14.3 Å². The van der Waals surface area contributed by atoms with Crippen molar-refractivity contribution in [3.05, 3.63) is 29.8 Å².